The molecule has 0 aliphatic carbocycles. The van der Waals surface area contributed by atoms with E-state index in [0.29, 0.717) is 0 Å². The maximum atomic E-state index is 12.1. The summed E-state index contributed by atoms with van der Waals surface area (Å²) in [5.41, 5.74) is -0.758. The molecule has 1 amide bonds. The van der Waals surface area contributed by atoms with Crippen molar-refractivity contribution < 1.29 is 24.2 Å². The van der Waals surface area contributed by atoms with E-state index in [1.165, 1.54) is 18.2 Å². The highest BCUT2D eigenvalue weighted by atomic mass is 16.6. The first-order chi connectivity index (χ1) is 9.69. The summed E-state index contributed by atoms with van der Waals surface area (Å²) in [4.78, 5) is 26.3. The van der Waals surface area contributed by atoms with Crippen molar-refractivity contribution in [3.05, 3.63) is 11.9 Å². The molecule has 1 N–H and O–H groups in total. The van der Waals surface area contributed by atoms with Gasteiger partial charge in [0.2, 0.25) is 0 Å². The molecule has 0 aromatic heterocycles. The number of ether oxygens (including phenoxy) is 2. The number of β-amino-alcohol motifs (C(OH)–C–C–N with tert-alkyl or cyclic N) is 1. The zero-order valence-corrected chi connectivity index (χ0v) is 12.6. The Morgan fingerprint density at radius 3 is 2.62 bits per heavy atom. The van der Waals surface area contributed by atoms with Crippen LogP contribution in [0.3, 0.4) is 0 Å². The molecule has 1 rings (SSSR count). The van der Waals surface area contributed by atoms with Gasteiger partial charge in [0.15, 0.2) is 0 Å². The van der Waals surface area contributed by atoms with Crippen LogP contribution in [0.5, 0.6) is 0 Å². The molecule has 1 aliphatic heterocycles. The van der Waals surface area contributed by atoms with Crippen LogP contribution >= 0.6 is 0 Å². The van der Waals surface area contributed by atoms with Crippen molar-refractivity contribution in [1.82, 2.24) is 9.80 Å². The van der Waals surface area contributed by atoms with Gasteiger partial charge in [-0.25, -0.2) is 9.59 Å². The van der Waals surface area contributed by atoms with Crippen LogP contribution in [0, 0.1) is 12.3 Å². The number of aliphatic hydroxyl groups excluding tert-OH is 1. The number of carbonyl (C=O) groups excluding carboxylic acids is 2. The fourth-order valence-corrected chi connectivity index (χ4v) is 1.69. The molecule has 116 valence electrons. The van der Waals surface area contributed by atoms with Gasteiger partial charge < -0.3 is 19.5 Å². The van der Waals surface area contributed by atoms with Crippen LogP contribution in [-0.4, -0.2) is 59.0 Å². The van der Waals surface area contributed by atoms with Gasteiger partial charge in [-0.05, 0) is 20.8 Å². The van der Waals surface area contributed by atoms with Crippen LogP contribution in [0.2, 0.25) is 0 Å². The Morgan fingerprint density at radius 1 is 1.52 bits per heavy atom. The summed E-state index contributed by atoms with van der Waals surface area (Å²) in [5, 5.41) is 9.97. The molecule has 1 heterocycles. The molecule has 0 fully saturated rings. The fourth-order valence-electron chi connectivity index (χ4n) is 1.69. The number of nitrogens with zero attached hydrogens (tertiary/aromatic N) is 2. The lowest BCUT2D eigenvalue weighted by Gasteiger charge is -2.37. The molecule has 0 aromatic rings. The number of terminal acetylenes is 1. The second-order valence-corrected chi connectivity index (χ2v) is 5.45. The molecule has 7 heteroatoms. The molecule has 0 spiro atoms. The van der Waals surface area contributed by atoms with Crippen LogP contribution < -0.4 is 0 Å². The van der Waals surface area contributed by atoms with Gasteiger partial charge in [-0.15, -0.1) is 6.42 Å². The number of esters is 1. The summed E-state index contributed by atoms with van der Waals surface area (Å²) in [6.45, 7) is 5.08. The van der Waals surface area contributed by atoms with Crippen molar-refractivity contribution in [3.63, 3.8) is 0 Å². The van der Waals surface area contributed by atoms with E-state index in [1.807, 2.05) is 0 Å². The van der Waals surface area contributed by atoms with Gasteiger partial charge in [-0.1, -0.05) is 5.92 Å². The Bertz CT molecular complexity index is 487. The Labute approximate surface area is 124 Å². The fraction of sp³-hybridized carbons (Fsp3) is 0.571. The summed E-state index contributed by atoms with van der Waals surface area (Å²) in [6, 6.07) is 0. The zero-order chi connectivity index (χ0) is 16.2. The smallest absolute Gasteiger partial charge is 0.415 e. The van der Waals surface area contributed by atoms with Gasteiger partial charge in [-0.2, -0.15) is 0 Å². The van der Waals surface area contributed by atoms with E-state index in [9.17, 15) is 14.7 Å². The average Bonchev–Trinajstić information content (AvgIpc) is 2.38. The molecule has 21 heavy (non-hydrogen) atoms. The van der Waals surface area contributed by atoms with Gasteiger partial charge in [0.25, 0.3) is 0 Å². The number of amides is 1. The molecule has 0 radical (unpaired) electrons. The van der Waals surface area contributed by atoms with Crippen LogP contribution in [0.1, 0.15) is 20.8 Å². The van der Waals surface area contributed by atoms with Crippen LogP contribution in [0.15, 0.2) is 11.9 Å². The molecule has 7 nitrogen and oxygen atoms in total. The topological polar surface area (TPSA) is 79.3 Å². The number of hydrogen-bond donors (Lipinski definition) is 1. The summed E-state index contributed by atoms with van der Waals surface area (Å²) < 4.78 is 9.86. The highest BCUT2D eigenvalue weighted by molar-refractivity contribution is 5.92. The van der Waals surface area contributed by atoms with Gasteiger partial charge >= 0.3 is 12.1 Å². The van der Waals surface area contributed by atoms with Crippen LogP contribution in [0.25, 0.3) is 0 Å². The van der Waals surface area contributed by atoms with E-state index in [4.69, 9.17) is 11.2 Å². The summed E-state index contributed by atoms with van der Waals surface area (Å²) in [5.74, 6) is 1.65. The Balaban J connectivity index is 3.07. The van der Waals surface area contributed by atoms with Crippen LogP contribution in [-0.2, 0) is 14.3 Å². The van der Waals surface area contributed by atoms with E-state index in [-0.39, 0.29) is 18.8 Å². The molecule has 1 atom stereocenters. The third kappa shape index (κ3) is 4.39. The van der Waals surface area contributed by atoms with Gasteiger partial charge in [0.1, 0.15) is 17.5 Å². The minimum Gasteiger partial charge on any atom is -0.464 e. The standard InChI is InChI=1S/C14H20N2O5/c1-6-7-15-8-10(12(18)20-5)16(9-11(15)17)13(19)21-14(2,3)4/h1,8,11,17H,7,9H2,2-5H3. The quantitative estimate of drug-likeness (QED) is 0.590. The molecule has 0 aromatic carbocycles. The maximum absolute atomic E-state index is 12.1. The number of rotatable bonds is 2. The predicted octanol–water partition coefficient (Wildman–Crippen LogP) is 0.505. The van der Waals surface area contributed by atoms with Gasteiger partial charge in [0.05, 0.1) is 20.2 Å². The highest BCUT2D eigenvalue weighted by Crippen LogP contribution is 2.20. The predicted molar refractivity (Wildman–Crippen MR) is 74.6 cm³/mol. The Hall–Kier alpha value is -2.20. The lowest BCUT2D eigenvalue weighted by molar-refractivity contribution is -0.139. The molecule has 1 unspecified atom stereocenters. The van der Waals surface area contributed by atoms with Gasteiger partial charge in [0, 0.05) is 6.20 Å². The van der Waals surface area contributed by atoms with Crippen molar-refractivity contribution in [2.75, 3.05) is 20.2 Å². The van der Waals surface area contributed by atoms with E-state index >= 15 is 0 Å². The second kappa shape index (κ2) is 6.50. The lowest BCUT2D eigenvalue weighted by atomic mass is 10.2. The number of hydrogen-bond acceptors (Lipinski definition) is 6. The van der Waals surface area contributed by atoms with Crippen molar-refractivity contribution in [3.8, 4) is 12.3 Å². The lowest BCUT2D eigenvalue weighted by Crippen LogP contribution is -2.51. The molecule has 0 bridgehead atoms. The third-order valence-corrected chi connectivity index (χ3v) is 2.59. The van der Waals surface area contributed by atoms with Crippen LogP contribution in [0.4, 0.5) is 4.79 Å². The summed E-state index contributed by atoms with van der Waals surface area (Å²) >= 11 is 0. The summed E-state index contributed by atoms with van der Waals surface area (Å²) in [6.07, 6.45) is 4.73. The highest BCUT2D eigenvalue weighted by Gasteiger charge is 2.35. The Kier molecular flexibility index (Phi) is 5.22. The normalized spacial score (nSPS) is 18.7. The molecular weight excluding hydrogens is 276 g/mol. The minimum absolute atomic E-state index is 0.0349. The Morgan fingerprint density at radius 2 is 2.14 bits per heavy atom. The number of aliphatic hydroxyl groups is 1. The summed E-state index contributed by atoms with van der Waals surface area (Å²) in [7, 11) is 1.20. The van der Waals surface area contributed by atoms with Crippen molar-refractivity contribution in [1.29, 1.82) is 0 Å². The van der Waals surface area contributed by atoms with E-state index < -0.39 is 23.9 Å². The molecule has 0 saturated carbocycles. The van der Waals surface area contributed by atoms with Gasteiger partial charge in [-0.3, -0.25) is 4.90 Å². The zero-order valence-electron chi connectivity index (χ0n) is 12.6. The van der Waals surface area contributed by atoms with E-state index in [2.05, 4.69) is 10.7 Å². The number of carbonyl (C=O) groups is 2. The first-order valence-corrected chi connectivity index (χ1v) is 6.37. The third-order valence-electron chi connectivity index (χ3n) is 2.59. The van der Waals surface area contributed by atoms with Crippen molar-refractivity contribution in [2.24, 2.45) is 0 Å². The SMILES string of the molecule is C#CCN1C=C(C(=O)OC)N(C(=O)OC(C)(C)C)CC1O. The maximum Gasteiger partial charge on any atom is 0.415 e. The first-order valence-electron chi connectivity index (χ1n) is 6.37. The number of methoxy groups -OCH3 is 1. The first kappa shape index (κ1) is 16.9. The monoisotopic (exact) mass is 296 g/mol. The van der Waals surface area contributed by atoms with Crippen molar-refractivity contribution in [2.45, 2.75) is 32.6 Å². The minimum atomic E-state index is -1.03. The van der Waals surface area contributed by atoms with E-state index in [0.717, 1.165) is 4.90 Å². The average molecular weight is 296 g/mol. The van der Waals surface area contributed by atoms with Crippen molar-refractivity contribution >= 4 is 12.1 Å². The molecule has 0 saturated heterocycles. The second-order valence-electron chi connectivity index (χ2n) is 5.45. The van der Waals surface area contributed by atoms with E-state index in [1.54, 1.807) is 20.8 Å². The molecule has 1 aliphatic rings. The molecular formula is C14H20N2O5. The largest absolute Gasteiger partial charge is 0.464 e.